The standard InChI is InChI=1S/C13H28N2O.ClH/c1-3-12(4-2)11-15-13(16)9-7-5-6-8-10-14;/h12H,3-11,14H2,1-2H3,(H,15,16);1H. The molecule has 104 valence electrons. The molecule has 0 fully saturated rings. The Hall–Kier alpha value is -0.280. The van der Waals surface area contributed by atoms with Crippen molar-refractivity contribution in [2.45, 2.75) is 58.8 Å². The van der Waals surface area contributed by atoms with Crippen LogP contribution in [0.5, 0.6) is 0 Å². The van der Waals surface area contributed by atoms with Gasteiger partial charge >= 0.3 is 0 Å². The highest BCUT2D eigenvalue weighted by Crippen LogP contribution is 2.06. The molecule has 0 aliphatic heterocycles. The third kappa shape index (κ3) is 12.0. The molecule has 3 N–H and O–H groups in total. The molecule has 0 aromatic heterocycles. The van der Waals surface area contributed by atoms with Crippen LogP contribution in [0.2, 0.25) is 0 Å². The second-order valence-corrected chi connectivity index (χ2v) is 4.44. The van der Waals surface area contributed by atoms with Gasteiger partial charge in [0, 0.05) is 13.0 Å². The minimum atomic E-state index is 0. The third-order valence-electron chi connectivity index (χ3n) is 3.10. The molecule has 0 aliphatic rings. The van der Waals surface area contributed by atoms with Crippen LogP contribution in [0.1, 0.15) is 58.8 Å². The van der Waals surface area contributed by atoms with E-state index >= 15 is 0 Å². The molecule has 0 atom stereocenters. The lowest BCUT2D eigenvalue weighted by molar-refractivity contribution is -0.121. The van der Waals surface area contributed by atoms with E-state index in [1.807, 2.05) is 0 Å². The van der Waals surface area contributed by atoms with E-state index in [0.717, 1.165) is 51.6 Å². The van der Waals surface area contributed by atoms with E-state index in [4.69, 9.17) is 5.73 Å². The van der Waals surface area contributed by atoms with Crippen LogP contribution in [0.3, 0.4) is 0 Å². The topological polar surface area (TPSA) is 55.1 Å². The molecule has 17 heavy (non-hydrogen) atoms. The average molecular weight is 265 g/mol. The van der Waals surface area contributed by atoms with Crippen LogP contribution in [0.25, 0.3) is 0 Å². The van der Waals surface area contributed by atoms with Gasteiger partial charge in [0.2, 0.25) is 5.91 Å². The maximum Gasteiger partial charge on any atom is 0.220 e. The average Bonchev–Trinajstić information content (AvgIpc) is 2.30. The van der Waals surface area contributed by atoms with Gasteiger partial charge in [-0.25, -0.2) is 0 Å². The molecule has 0 bridgehead atoms. The van der Waals surface area contributed by atoms with Crippen molar-refractivity contribution in [1.82, 2.24) is 5.32 Å². The molecule has 0 radical (unpaired) electrons. The minimum Gasteiger partial charge on any atom is -0.356 e. The van der Waals surface area contributed by atoms with Crippen molar-refractivity contribution < 1.29 is 4.79 Å². The number of nitrogens with two attached hydrogens (primary N) is 1. The molecule has 4 heteroatoms. The van der Waals surface area contributed by atoms with Crippen LogP contribution in [-0.2, 0) is 4.79 Å². The molecule has 0 aliphatic carbocycles. The molecule has 0 saturated heterocycles. The first kappa shape index (κ1) is 19.1. The van der Waals surface area contributed by atoms with Crippen molar-refractivity contribution in [2.24, 2.45) is 11.7 Å². The zero-order chi connectivity index (χ0) is 12.2. The van der Waals surface area contributed by atoms with Crippen molar-refractivity contribution in [2.75, 3.05) is 13.1 Å². The molecule has 1 amide bonds. The number of hydrogen-bond acceptors (Lipinski definition) is 2. The van der Waals surface area contributed by atoms with E-state index in [0.29, 0.717) is 12.3 Å². The van der Waals surface area contributed by atoms with Crippen LogP contribution in [0.4, 0.5) is 0 Å². The monoisotopic (exact) mass is 264 g/mol. The van der Waals surface area contributed by atoms with Crippen molar-refractivity contribution >= 4 is 18.3 Å². The quantitative estimate of drug-likeness (QED) is 0.596. The number of hydrogen-bond donors (Lipinski definition) is 2. The first-order chi connectivity index (χ1) is 7.74. The molecule has 0 spiro atoms. The lowest BCUT2D eigenvalue weighted by Crippen LogP contribution is -2.28. The van der Waals surface area contributed by atoms with Crippen LogP contribution in [0.15, 0.2) is 0 Å². The predicted octanol–water partition coefficient (Wildman–Crippen LogP) is 2.87. The molecule has 3 nitrogen and oxygen atoms in total. The summed E-state index contributed by atoms with van der Waals surface area (Å²) in [5, 5.41) is 3.01. The summed E-state index contributed by atoms with van der Waals surface area (Å²) in [6.45, 7) is 5.95. The van der Waals surface area contributed by atoms with Crippen LogP contribution < -0.4 is 11.1 Å². The fourth-order valence-corrected chi connectivity index (χ4v) is 1.71. The van der Waals surface area contributed by atoms with E-state index in [1.165, 1.54) is 0 Å². The molecule has 0 saturated carbocycles. The zero-order valence-electron chi connectivity index (χ0n) is 11.3. The summed E-state index contributed by atoms with van der Waals surface area (Å²) in [4.78, 5) is 11.5. The predicted molar refractivity (Wildman–Crippen MR) is 76.5 cm³/mol. The Balaban J connectivity index is 0. The highest BCUT2D eigenvalue weighted by Gasteiger charge is 2.05. The van der Waals surface area contributed by atoms with E-state index in [1.54, 1.807) is 0 Å². The van der Waals surface area contributed by atoms with Gasteiger partial charge in [-0.05, 0) is 25.3 Å². The summed E-state index contributed by atoms with van der Waals surface area (Å²) >= 11 is 0. The zero-order valence-corrected chi connectivity index (χ0v) is 12.2. The van der Waals surface area contributed by atoms with Gasteiger partial charge in [-0.1, -0.05) is 39.5 Å². The number of carbonyl (C=O) groups excluding carboxylic acids is 1. The number of amides is 1. The fraction of sp³-hybridized carbons (Fsp3) is 0.923. The highest BCUT2D eigenvalue weighted by atomic mass is 35.5. The maximum absolute atomic E-state index is 11.5. The molecule has 0 rings (SSSR count). The number of nitrogens with one attached hydrogen (secondary N) is 1. The van der Waals surface area contributed by atoms with E-state index in [-0.39, 0.29) is 18.3 Å². The lowest BCUT2D eigenvalue weighted by atomic mass is 10.0. The van der Waals surface area contributed by atoms with Gasteiger partial charge in [0.25, 0.3) is 0 Å². The highest BCUT2D eigenvalue weighted by molar-refractivity contribution is 5.85. The van der Waals surface area contributed by atoms with Crippen LogP contribution >= 0.6 is 12.4 Å². The Kier molecular flexibility index (Phi) is 15.5. The Morgan fingerprint density at radius 2 is 1.71 bits per heavy atom. The van der Waals surface area contributed by atoms with Gasteiger partial charge in [-0.15, -0.1) is 12.4 Å². The number of carbonyl (C=O) groups is 1. The maximum atomic E-state index is 11.5. The van der Waals surface area contributed by atoms with Gasteiger partial charge in [-0.3, -0.25) is 4.79 Å². The summed E-state index contributed by atoms with van der Waals surface area (Å²) in [7, 11) is 0. The Bertz CT molecular complexity index is 173. The van der Waals surface area contributed by atoms with Crippen LogP contribution in [-0.4, -0.2) is 19.0 Å². The van der Waals surface area contributed by atoms with Gasteiger partial charge in [-0.2, -0.15) is 0 Å². The molecule has 0 heterocycles. The Morgan fingerprint density at radius 3 is 2.24 bits per heavy atom. The summed E-state index contributed by atoms with van der Waals surface area (Å²) in [6.07, 6.45) is 7.31. The van der Waals surface area contributed by atoms with Gasteiger partial charge in [0.05, 0.1) is 0 Å². The second kappa shape index (κ2) is 13.8. The van der Waals surface area contributed by atoms with Crippen molar-refractivity contribution in [3.8, 4) is 0 Å². The molecular weight excluding hydrogens is 236 g/mol. The first-order valence-corrected chi connectivity index (χ1v) is 6.71. The normalized spacial score (nSPS) is 10.1. The van der Waals surface area contributed by atoms with Crippen molar-refractivity contribution in [3.05, 3.63) is 0 Å². The summed E-state index contributed by atoms with van der Waals surface area (Å²) in [6, 6.07) is 0. The molecular formula is C13H29ClN2O. The van der Waals surface area contributed by atoms with E-state index < -0.39 is 0 Å². The van der Waals surface area contributed by atoms with Crippen molar-refractivity contribution in [1.29, 1.82) is 0 Å². The fourth-order valence-electron chi connectivity index (χ4n) is 1.71. The summed E-state index contributed by atoms with van der Waals surface area (Å²) < 4.78 is 0. The second-order valence-electron chi connectivity index (χ2n) is 4.44. The molecule has 0 aromatic rings. The van der Waals surface area contributed by atoms with Gasteiger partial charge in [0.15, 0.2) is 0 Å². The lowest BCUT2D eigenvalue weighted by Gasteiger charge is -2.13. The van der Waals surface area contributed by atoms with Crippen LogP contribution in [0, 0.1) is 5.92 Å². The van der Waals surface area contributed by atoms with E-state index in [9.17, 15) is 4.79 Å². The smallest absolute Gasteiger partial charge is 0.220 e. The first-order valence-electron chi connectivity index (χ1n) is 6.71. The van der Waals surface area contributed by atoms with Gasteiger partial charge in [0.1, 0.15) is 0 Å². The summed E-state index contributed by atoms with van der Waals surface area (Å²) in [5.74, 6) is 0.848. The largest absolute Gasteiger partial charge is 0.356 e. The van der Waals surface area contributed by atoms with Gasteiger partial charge < -0.3 is 11.1 Å². The molecule has 0 unspecified atom stereocenters. The summed E-state index contributed by atoms with van der Waals surface area (Å²) in [5.41, 5.74) is 5.40. The number of rotatable bonds is 10. The SMILES string of the molecule is CCC(CC)CNC(=O)CCCCCCN.Cl. The van der Waals surface area contributed by atoms with Crippen molar-refractivity contribution in [3.63, 3.8) is 0 Å². The number of halogens is 1. The van der Waals surface area contributed by atoms with E-state index in [2.05, 4.69) is 19.2 Å². The Labute approximate surface area is 112 Å². The number of unbranched alkanes of at least 4 members (excludes halogenated alkanes) is 3. The minimum absolute atomic E-state index is 0. The Morgan fingerprint density at radius 1 is 1.12 bits per heavy atom. The third-order valence-corrected chi connectivity index (χ3v) is 3.10. The molecule has 0 aromatic carbocycles.